The molecule has 0 spiro atoms. The molecule has 1 saturated heterocycles. The van der Waals surface area contributed by atoms with Gasteiger partial charge in [0.15, 0.2) is 0 Å². The number of carbonyl (C=O) groups excluding carboxylic acids is 1. The van der Waals surface area contributed by atoms with Crippen molar-refractivity contribution in [2.45, 2.75) is 20.3 Å². The van der Waals surface area contributed by atoms with E-state index in [0.717, 1.165) is 6.42 Å². The fourth-order valence-electron chi connectivity index (χ4n) is 3.04. The maximum Gasteiger partial charge on any atom is 0.259 e. The molecule has 1 amide bonds. The molecule has 2 N–H and O–H groups in total. The minimum absolute atomic E-state index is 0. The Labute approximate surface area is 156 Å². The van der Waals surface area contributed by atoms with Gasteiger partial charge in [-0.15, -0.1) is 12.4 Å². The molecule has 1 fully saturated rings. The quantitative estimate of drug-likeness (QED) is 0.871. The van der Waals surface area contributed by atoms with Gasteiger partial charge in [-0.1, -0.05) is 29.7 Å². The Morgan fingerprint density at radius 1 is 1.52 bits per heavy atom. The number of nitrogens with two attached hydrogens (primary N) is 1. The summed E-state index contributed by atoms with van der Waals surface area (Å²) >= 11 is 6.11. The second-order valence-corrected chi connectivity index (χ2v) is 6.96. The fraction of sp³-hybridized carbons (Fsp3) is 0.412. The summed E-state index contributed by atoms with van der Waals surface area (Å²) in [5.41, 5.74) is 6.18. The van der Waals surface area contributed by atoms with Crippen LogP contribution in [0.4, 0.5) is 4.39 Å². The Morgan fingerprint density at radius 3 is 2.84 bits per heavy atom. The highest BCUT2D eigenvalue weighted by Gasteiger charge is 2.37. The number of halogens is 3. The second-order valence-electron chi connectivity index (χ2n) is 6.55. The monoisotopic (exact) mass is 387 g/mol. The highest BCUT2D eigenvalue weighted by Crippen LogP contribution is 2.36. The first-order valence-corrected chi connectivity index (χ1v) is 8.14. The van der Waals surface area contributed by atoms with Gasteiger partial charge in [-0.3, -0.25) is 4.79 Å². The molecule has 8 heteroatoms. The predicted molar refractivity (Wildman–Crippen MR) is 96.6 cm³/mol. The SMILES string of the molecule is Cc1onc(-c2c(F)cccc2Cl)c1C(=O)N1CCC(C)(CN)C1.Cl. The van der Waals surface area contributed by atoms with Gasteiger partial charge in [0.2, 0.25) is 0 Å². The average molecular weight is 388 g/mol. The molecule has 136 valence electrons. The Hall–Kier alpha value is -1.63. The standard InChI is InChI=1S/C17H19ClFN3O2.ClH/c1-10-13(16(23)22-7-6-17(2,8-20)9-22)15(21-24-10)14-11(18)4-3-5-12(14)19;/h3-5H,6-9,20H2,1-2H3;1H. The van der Waals surface area contributed by atoms with Crippen molar-refractivity contribution < 1.29 is 13.7 Å². The lowest BCUT2D eigenvalue weighted by atomic mass is 9.90. The van der Waals surface area contributed by atoms with E-state index in [2.05, 4.69) is 12.1 Å². The Kier molecular flexibility index (Phi) is 5.76. The lowest BCUT2D eigenvalue weighted by Gasteiger charge is -2.22. The number of benzene rings is 1. The van der Waals surface area contributed by atoms with Gasteiger partial charge in [0.05, 0.1) is 10.6 Å². The molecule has 25 heavy (non-hydrogen) atoms. The molecule has 5 nitrogen and oxygen atoms in total. The van der Waals surface area contributed by atoms with Crippen LogP contribution in [0.2, 0.25) is 5.02 Å². The van der Waals surface area contributed by atoms with Crippen LogP contribution >= 0.6 is 24.0 Å². The first-order valence-electron chi connectivity index (χ1n) is 7.76. The van der Waals surface area contributed by atoms with Crippen LogP contribution < -0.4 is 5.73 Å². The van der Waals surface area contributed by atoms with E-state index in [1.807, 2.05) is 0 Å². The number of nitrogens with zero attached hydrogens (tertiary/aromatic N) is 2. The third kappa shape index (κ3) is 3.52. The summed E-state index contributed by atoms with van der Waals surface area (Å²) in [4.78, 5) is 14.7. The molecule has 1 aliphatic rings. The van der Waals surface area contributed by atoms with Crippen molar-refractivity contribution in [3.63, 3.8) is 0 Å². The highest BCUT2D eigenvalue weighted by atomic mass is 35.5. The van der Waals surface area contributed by atoms with Gasteiger partial charge in [-0.25, -0.2) is 4.39 Å². The van der Waals surface area contributed by atoms with Crippen molar-refractivity contribution in [2.75, 3.05) is 19.6 Å². The van der Waals surface area contributed by atoms with Crippen LogP contribution in [0, 0.1) is 18.2 Å². The summed E-state index contributed by atoms with van der Waals surface area (Å²) in [6, 6.07) is 4.34. The number of amides is 1. The summed E-state index contributed by atoms with van der Waals surface area (Å²) in [5.74, 6) is -0.436. The minimum atomic E-state index is -0.543. The molecule has 1 aromatic heterocycles. The lowest BCUT2D eigenvalue weighted by Crippen LogP contribution is -2.34. The van der Waals surface area contributed by atoms with E-state index in [9.17, 15) is 9.18 Å². The minimum Gasteiger partial charge on any atom is -0.360 e. The first kappa shape index (κ1) is 19.7. The predicted octanol–water partition coefficient (Wildman–Crippen LogP) is 3.68. The van der Waals surface area contributed by atoms with Crippen LogP contribution in [0.1, 0.15) is 29.5 Å². The van der Waals surface area contributed by atoms with E-state index >= 15 is 0 Å². The molecule has 2 aromatic rings. The zero-order chi connectivity index (χ0) is 17.5. The second kappa shape index (κ2) is 7.32. The zero-order valence-corrected chi connectivity index (χ0v) is 15.6. The van der Waals surface area contributed by atoms with E-state index in [1.54, 1.807) is 17.9 Å². The van der Waals surface area contributed by atoms with Gasteiger partial charge in [0, 0.05) is 13.1 Å². The molecular formula is C17H20Cl2FN3O2. The summed E-state index contributed by atoms with van der Waals surface area (Å²) < 4.78 is 19.4. The molecule has 0 aliphatic carbocycles. The number of likely N-dealkylation sites (tertiary alicyclic amines) is 1. The van der Waals surface area contributed by atoms with Crippen molar-refractivity contribution in [3.8, 4) is 11.3 Å². The number of aromatic nitrogens is 1. The van der Waals surface area contributed by atoms with Crippen LogP contribution in [0.25, 0.3) is 11.3 Å². The van der Waals surface area contributed by atoms with Crippen molar-refractivity contribution in [1.29, 1.82) is 0 Å². The number of rotatable bonds is 3. The molecule has 1 unspecified atom stereocenters. The summed E-state index contributed by atoms with van der Waals surface area (Å²) in [6.07, 6.45) is 0.829. The van der Waals surface area contributed by atoms with Crippen molar-refractivity contribution in [3.05, 3.63) is 40.4 Å². The summed E-state index contributed by atoms with van der Waals surface area (Å²) in [7, 11) is 0. The third-order valence-electron chi connectivity index (χ3n) is 4.61. The smallest absolute Gasteiger partial charge is 0.259 e. The maximum absolute atomic E-state index is 14.2. The lowest BCUT2D eigenvalue weighted by molar-refractivity contribution is 0.0776. The zero-order valence-electron chi connectivity index (χ0n) is 14.0. The van der Waals surface area contributed by atoms with Crippen molar-refractivity contribution in [1.82, 2.24) is 10.1 Å². The highest BCUT2D eigenvalue weighted by molar-refractivity contribution is 6.33. The van der Waals surface area contributed by atoms with Crippen LogP contribution in [0.5, 0.6) is 0 Å². The number of carbonyl (C=O) groups is 1. The summed E-state index contributed by atoms with van der Waals surface area (Å²) in [5, 5.41) is 4.07. The topological polar surface area (TPSA) is 72.4 Å². The normalized spacial score (nSPS) is 19.8. The van der Waals surface area contributed by atoms with Crippen LogP contribution in [-0.4, -0.2) is 35.6 Å². The van der Waals surface area contributed by atoms with E-state index in [-0.39, 0.29) is 45.6 Å². The van der Waals surface area contributed by atoms with Crippen LogP contribution in [0.3, 0.4) is 0 Å². The van der Waals surface area contributed by atoms with E-state index < -0.39 is 5.82 Å². The molecule has 3 rings (SSSR count). The third-order valence-corrected chi connectivity index (χ3v) is 4.93. The van der Waals surface area contributed by atoms with Crippen LogP contribution in [0.15, 0.2) is 22.7 Å². The molecule has 1 aromatic carbocycles. The molecule has 2 heterocycles. The first-order chi connectivity index (χ1) is 11.4. The Bertz CT molecular complexity index is 776. The van der Waals surface area contributed by atoms with E-state index in [4.69, 9.17) is 21.9 Å². The number of aryl methyl sites for hydroxylation is 1. The Balaban J connectivity index is 0.00000225. The maximum atomic E-state index is 14.2. The molecular weight excluding hydrogens is 368 g/mol. The van der Waals surface area contributed by atoms with Gasteiger partial charge < -0.3 is 15.2 Å². The Morgan fingerprint density at radius 2 is 2.24 bits per heavy atom. The summed E-state index contributed by atoms with van der Waals surface area (Å²) in [6.45, 7) is 5.34. The number of hydrogen-bond donors (Lipinski definition) is 1. The van der Waals surface area contributed by atoms with E-state index in [0.29, 0.717) is 25.4 Å². The fourth-order valence-corrected chi connectivity index (χ4v) is 3.29. The van der Waals surface area contributed by atoms with Gasteiger partial charge in [0.25, 0.3) is 5.91 Å². The molecule has 0 saturated carbocycles. The molecule has 0 radical (unpaired) electrons. The van der Waals surface area contributed by atoms with Crippen molar-refractivity contribution in [2.24, 2.45) is 11.1 Å². The number of hydrogen-bond acceptors (Lipinski definition) is 4. The molecule has 1 aliphatic heterocycles. The van der Waals surface area contributed by atoms with E-state index in [1.165, 1.54) is 12.1 Å². The molecule has 1 atom stereocenters. The largest absolute Gasteiger partial charge is 0.360 e. The average Bonchev–Trinajstić information content (AvgIpc) is 3.11. The van der Waals surface area contributed by atoms with Gasteiger partial charge in [0.1, 0.15) is 22.8 Å². The van der Waals surface area contributed by atoms with Gasteiger partial charge in [-0.05, 0) is 37.4 Å². The van der Waals surface area contributed by atoms with Gasteiger partial charge >= 0.3 is 0 Å². The van der Waals surface area contributed by atoms with Gasteiger partial charge in [-0.2, -0.15) is 0 Å². The molecule has 0 bridgehead atoms. The van der Waals surface area contributed by atoms with Crippen LogP contribution in [-0.2, 0) is 0 Å². The van der Waals surface area contributed by atoms with Crippen molar-refractivity contribution >= 4 is 29.9 Å².